The van der Waals surface area contributed by atoms with Crippen LogP contribution in [0.15, 0.2) is 66.7 Å². The summed E-state index contributed by atoms with van der Waals surface area (Å²) in [7, 11) is 0. The van der Waals surface area contributed by atoms with Crippen LogP contribution in [0.2, 0.25) is 0 Å². The summed E-state index contributed by atoms with van der Waals surface area (Å²) in [6.07, 6.45) is -8.86. The summed E-state index contributed by atoms with van der Waals surface area (Å²) in [5.74, 6) is -3.26. The summed E-state index contributed by atoms with van der Waals surface area (Å²) in [6.45, 7) is 0. The zero-order valence-corrected chi connectivity index (χ0v) is 18.3. The Hall–Kier alpha value is -4.55. The van der Waals surface area contributed by atoms with Gasteiger partial charge in [0.25, 0.3) is 5.91 Å². The molecule has 1 amide bonds. The van der Waals surface area contributed by atoms with Crippen molar-refractivity contribution >= 4 is 17.7 Å². The van der Waals surface area contributed by atoms with E-state index in [-0.39, 0.29) is 5.69 Å². The van der Waals surface area contributed by atoms with E-state index in [1.165, 1.54) is 24.3 Å². The maximum absolute atomic E-state index is 13.8. The van der Waals surface area contributed by atoms with Crippen molar-refractivity contribution in [2.75, 3.05) is 0 Å². The van der Waals surface area contributed by atoms with Crippen molar-refractivity contribution in [1.82, 2.24) is 19.7 Å². The molecule has 190 valence electrons. The number of nitrogens with zero attached hydrogens (tertiary/aromatic N) is 4. The first-order valence-electron chi connectivity index (χ1n) is 10.3. The Kier molecular flexibility index (Phi) is 6.55. The van der Waals surface area contributed by atoms with Crippen LogP contribution in [0, 0.1) is 5.95 Å². The summed E-state index contributed by atoms with van der Waals surface area (Å²) in [4.78, 5) is 19.7. The Bertz CT molecular complexity index is 1510. The molecule has 2 N–H and O–H groups in total. The molecule has 0 saturated heterocycles. The average molecular weight is 521 g/mol. The predicted octanol–water partition coefficient (Wildman–Crippen LogP) is 5.67. The number of hydrogen-bond acceptors (Lipinski definition) is 4. The molecule has 0 radical (unpaired) electrons. The van der Waals surface area contributed by atoms with Crippen molar-refractivity contribution in [2.24, 2.45) is 5.73 Å². The number of alkyl halides is 6. The molecule has 0 bridgehead atoms. The lowest BCUT2D eigenvalue weighted by Crippen LogP contribution is -2.15. The SMILES string of the molecule is NC(=O)C(=Cn1nc(-c2ccccc2C(F)(F)F)nc1-c1ccccc1C(F)(F)F)c1cccc(F)n1. The monoisotopic (exact) mass is 521 g/mol. The van der Waals surface area contributed by atoms with Crippen LogP contribution in [-0.2, 0) is 17.1 Å². The Labute approximate surface area is 203 Å². The molecule has 0 fully saturated rings. The molecule has 0 unspecified atom stereocenters. The molecule has 4 rings (SSSR count). The van der Waals surface area contributed by atoms with E-state index in [0.717, 1.165) is 48.7 Å². The lowest BCUT2D eigenvalue weighted by molar-refractivity contribution is -0.137. The molecular weight excluding hydrogens is 507 g/mol. The van der Waals surface area contributed by atoms with Gasteiger partial charge in [0.05, 0.1) is 22.4 Å². The van der Waals surface area contributed by atoms with Crippen LogP contribution >= 0.6 is 0 Å². The van der Waals surface area contributed by atoms with Crippen molar-refractivity contribution in [3.05, 3.63) is 89.5 Å². The Morgan fingerprint density at radius 1 is 0.784 bits per heavy atom. The van der Waals surface area contributed by atoms with E-state index in [0.29, 0.717) is 4.68 Å². The van der Waals surface area contributed by atoms with Gasteiger partial charge in [-0.25, -0.2) is 14.6 Å². The van der Waals surface area contributed by atoms with Crippen LogP contribution < -0.4 is 5.73 Å². The van der Waals surface area contributed by atoms with Gasteiger partial charge in [-0.15, -0.1) is 5.10 Å². The van der Waals surface area contributed by atoms with Crippen LogP contribution in [0.4, 0.5) is 30.7 Å². The highest BCUT2D eigenvalue weighted by Gasteiger charge is 2.37. The van der Waals surface area contributed by atoms with E-state index in [9.17, 15) is 35.5 Å². The van der Waals surface area contributed by atoms with Crippen molar-refractivity contribution in [3.63, 3.8) is 0 Å². The van der Waals surface area contributed by atoms with Crippen LogP contribution in [-0.4, -0.2) is 25.7 Å². The number of pyridine rings is 1. The zero-order valence-electron chi connectivity index (χ0n) is 18.3. The van der Waals surface area contributed by atoms with Crippen LogP contribution in [0.5, 0.6) is 0 Å². The van der Waals surface area contributed by atoms with Gasteiger partial charge in [-0.3, -0.25) is 4.79 Å². The summed E-state index contributed by atoms with van der Waals surface area (Å²) in [6, 6.07) is 11.8. The molecular formula is C24H14F7N5O. The second kappa shape index (κ2) is 9.48. The maximum Gasteiger partial charge on any atom is 0.417 e. The normalized spacial score (nSPS) is 12.6. The molecule has 6 nitrogen and oxygen atoms in total. The second-order valence-corrected chi connectivity index (χ2v) is 7.54. The van der Waals surface area contributed by atoms with Crippen LogP contribution in [0.3, 0.4) is 0 Å². The minimum atomic E-state index is -4.86. The van der Waals surface area contributed by atoms with Gasteiger partial charge in [-0.1, -0.05) is 42.5 Å². The highest BCUT2D eigenvalue weighted by molar-refractivity contribution is 6.21. The third kappa shape index (κ3) is 5.34. The molecule has 13 heteroatoms. The molecule has 4 aromatic rings. The number of rotatable bonds is 5. The quantitative estimate of drug-likeness (QED) is 0.208. The van der Waals surface area contributed by atoms with Gasteiger partial charge >= 0.3 is 12.4 Å². The van der Waals surface area contributed by atoms with E-state index in [4.69, 9.17) is 5.73 Å². The van der Waals surface area contributed by atoms with Gasteiger partial charge in [-0.05, 0) is 24.3 Å². The van der Waals surface area contributed by atoms with Gasteiger partial charge in [0, 0.05) is 17.3 Å². The molecule has 0 aliphatic rings. The van der Waals surface area contributed by atoms with Gasteiger partial charge in [-0.2, -0.15) is 30.7 Å². The maximum atomic E-state index is 13.8. The fraction of sp³-hybridized carbons (Fsp3) is 0.0833. The fourth-order valence-electron chi connectivity index (χ4n) is 3.50. The minimum Gasteiger partial charge on any atom is -0.365 e. The van der Waals surface area contributed by atoms with E-state index < -0.39 is 63.7 Å². The lowest BCUT2D eigenvalue weighted by atomic mass is 10.1. The first-order valence-corrected chi connectivity index (χ1v) is 10.3. The molecule has 2 heterocycles. The van der Waals surface area contributed by atoms with Gasteiger partial charge in [0.1, 0.15) is 0 Å². The lowest BCUT2D eigenvalue weighted by Gasteiger charge is -2.12. The van der Waals surface area contributed by atoms with E-state index in [1.807, 2.05) is 0 Å². The molecule has 0 saturated carbocycles. The summed E-state index contributed by atoms with van der Waals surface area (Å²) < 4.78 is 96.6. The van der Waals surface area contributed by atoms with Gasteiger partial charge in [0.2, 0.25) is 5.95 Å². The number of carbonyl (C=O) groups excluding carboxylic acids is 1. The number of halogens is 7. The number of nitrogens with two attached hydrogens (primary N) is 1. The van der Waals surface area contributed by atoms with Crippen molar-refractivity contribution in [3.8, 4) is 22.8 Å². The molecule has 2 aromatic heterocycles. The Morgan fingerprint density at radius 2 is 1.35 bits per heavy atom. The number of hydrogen-bond donors (Lipinski definition) is 1. The van der Waals surface area contributed by atoms with Crippen molar-refractivity contribution < 1.29 is 35.5 Å². The summed E-state index contributed by atoms with van der Waals surface area (Å²) in [5.41, 5.74) is 1.29. The van der Waals surface area contributed by atoms with E-state index >= 15 is 0 Å². The smallest absolute Gasteiger partial charge is 0.365 e. The zero-order chi connectivity index (χ0) is 27.0. The number of amides is 1. The van der Waals surface area contributed by atoms with Crippen molar-refractivity contribution in [2.45, 2.75) is 12.4 Å². The topological polar surface area (TPSA) is 86.7 Å². The second-order valence-electron chi connectivity index (χ2n) is 7.54. The van der Waals surface area contributed by atoms with Crippen LogP contribution in [0.1, 0.15) is 16.8 Å². The Balaban J connectivity index is 2.03. The number of aromatic nitrogens is 4. The molecule has 0 aliphatic heterocycles. The Morgan fingerprint density at radius 3 is 1.92 bits per heavy atom. The number of benzene rings is 2. The standard InChI is InChI=1S/C24H14F7N5O/c25-19-11-5-10-18(33-19)15(20(32)37)12-36-22(14-7-2-4-9-17(14)24(29,30)31)34-21(35-36)13-6-1-3-8-16(13)23(26,27)28/h1-12H,(H2,32,37). The van der Waals surface area contributed by atoms with Crippen molar-refractivity contribution in [1.29, 1.82) is 0 Å². The highest BCUT2D eigenvalue weighted by atomic mass is 19.4. The third-order valence-corrected chi connectivity index (χ3v) is 5.09. The highest BCUT2D eigenvalue weighted by Crippen LogP contribution is 2.39. The fourth-order valence-corrected chi connectivity index (χ4v) is 3.50. The van der Waals surface area contributed by atoms with E-state index in [1.54, 1.807) is 0 Å². The third-order valence-electron chi connectivity index (χ3n) is 5.09. The molecule has 2 aromatic carbocycles. The first-order chi connectivity index (χ1) is 17.4. The number of primary amides is 1. The van der Waals surface area contributed by atoms with E-state index in [2.05, 4.69) is 15.1 Å². The largest absolute Gasteiger partial charge is 0.417 e. The predicted molar refractivity (Wildman–Crippen MR) is 118 cm³/mol. The summed E-state index contributed by atoms with van der Waals surface area (Å²) >= 11 is 0. The molecule has 37 heavy (non-hydrogen) atoms. The van der Waals surface area contributed by atoms with Gasteiger partial charge < -0.3 is 5.73 Å². The van der Waals surface area contributed by atoms with Gasteiger partial charge in [0.15, 0.2) is 11.6 Å². The molecule has 0 aliphatic carbocycles. The molecule has 0 spiro atoms. The average Bonchev–Trinajstić information content (AvgIpc) is 3.25. The number of carbonyl (C=O) groups is 1. The summed E-state index contributed by atoms with van der Waals surface area (Å²) in [5, 5.41) is 3.96. The minimum absolute atomic E-state index is 0.282. The first kappa shape index (κ1) is 25.5. The van der Waals surface area contributed by atoms with Crippen LogP contribution in [0.25, 0.3) is 34.5 Å². The molecule has 0 atom stereocenters.